The third-order valence-corrected chi connectivity index (χ3v) is 2.93. The summed E-state index contributed by atoms with van der Waals surface area (Å²) in [6, 6.07) is 8.86. The van der Waals surface area contributed by atoms with Crippen molar-refractivity contribution in [3.05, 3.63) is 46.3 Å². The standard InChI is InChI=1S/C13H12N6O2/c1-15-12-11(19(20)21)13(17-8-16-12)18(2)10-6-4-3-5-9(10)7-14/h3-6,8H,1-2H3,(H,15,16,17). The second-order valence-corrected chi connectivity index (χ2v) is 4.09. The maximum absolute atomic E-state index is 11.3. The van der Waals surface area contributed by atoms with Crippen molar-refractivity contribution in [2.75, 3.05) is 24.3 Å². The van der Waals surface area contributed by atoms with E-state index in [1.807, 2.05) is 0 Å². The van der Waals surface area contributed by atoms with Crippen LogP contribution < -0.4 is 10.2 Å². The molecule has 0 radical (unpaired) electrons. The van der Waals surface area contributed by atoms with E-state index >= 15 is 0 Å². The van der Waals surface area contributed by atoms with Gasteiger partial charge in [-0.15, -0.1) is 0 Å². The van der Waals surface area contributed by atoms with Gasteiger partial charge in [-0.1, -0.05) is 12.1 Å². The molecule has 1 aromatic carbocycles. The smallest absolute Gasteiger partial charge is 0.353 e. The van der Waals surface area contributed by atoms with E-state index in [0.717, 1.165) is 0 Å². The minimum atomic E-state index is -0.549. The third-order valence-electron chi connectivity index (χ3n) is 2.93. The molecule has 0 fully saturated rings. The fourth-order valence-corrected chi connectivity index (χ4v) is 1.94. The first-order valence-corrected chi connectivity index (χ1v) is 6.00. The van der Waals surface area contributed by atoms with Crippen molar-refractivity contribution in [3.8, 4) is 6.07 Å². The van der Waals surface area contributed by atoms with Crippen LogP contribution in [0.5, 0.6) is 0 Å². The highest BCUT2D eigenvalue weighted by molar-refractivity contribution is 5.77. The van der Waals surface area contributed by atoms with Crippen LogP contribution in [0.25, 0.3) is 0 Å². The van der Waals surface area contributed by atoms with Gasteiger partial charge in [-0.2, -0.15) is 5.26 Å². The second kappa shape index (κ2) is 5.83. The molecule has 0 atom stereocenters. The highest BCUT2D eigenvalue weighted by Gasteiger charge is 2.26. The van der Waals surface area contributed by atoms with Gasteiger partial charge >= 0.3 is 5.69 Å². The summed E-state index contributed by atoms with van der Waals surface area (Å²) < 4.78 is 0. The van der Waals surface area contributed by atoms with Crippen molar-refractivity contribution in [1.82, 2.24) is 9.97 Å². The molecule has 0 aliphatic rings. The maximum Gasteiger partial charge on any atom is 0.353 e. The van der Waals surface area contributed by atoms with Crippen LogP contribution in [0.15, 0.2) is 30.6 Å². The summed E-state index contributed by atoms with van der Waals surface area (Å²) in [5, 5.41) is 23.1. The molecule has 2 rings (SSSR count). The zero-order chi connectivity index (χ0) is 15.4. The van der Waals surface area contributed by atoms with Crippen LogP contribution in [0.3, 0.4) is 0 Å². The van der Waals surface area contributed by atoms with Crippen LogP contribution in [0.2, 0.25) is 0 Å². The molecule has 1 heterocycles. The fourth-order valence-electron chi connectivity index (χ4n) is 1.94. The van der Waals surface area contributed by atoms with Crippen molar-refractivity contribution in [1.29, 1.82) is 5.26 Å². The number of para-hydroxylation sites is 1. The highest BCUT2D eigenvalue weighted by Crippen LogP contribution is 2.35. The van der Waals surface area contributed by atoms with Gasteiger partial charge in [0.1, 0.15) is 12.4 Å². The first-order chi connectivity index (χ1) is 10.1. The Morgan fingerprint density at radius 1 is 1.38 bits per heavy atom. The number of nitro groups is 1. The van der Waals surface area contributed by atoms with Gasteiger partial charge in [0.25, 0.3) is 0 Å². The Hall–Kier alpha value is -3.21. The van der Waals surface area contributed by atoms with Crippen LogP contribution in [-0.2, 0) is 0 Å². The summed E-state index contributed by atoms with van der Waals surface area (Å²) in [6.45, 7) is 0. The number of rotatable bonds is 4. The molecule has 0 saturated carbocycles. The van der Waals surface area contributed by atoms with Gasteiger partial charge in [0.15, 0.2) is 0 Å². The van der Waals surface area contributed by atoms with Crippen molar-refractivity contribution in [3.63, 3.8) is 0 Å². The Balaban J connectivity index is 2.61. The molecule has 0 aliphatic heterocycles. The minimum Gasteiger partial charge on any atom is -0.367 e. The van der Waals surface area contributed by atoms with E-state index in [4.69, 9.17) is 5.26 Å². The van der Waals surface area contributed by atoms with Crippen molar-refractivity contribution in [2.24, 2.45) is 0 Å². The molecule has 2 aromatic rings. The van der Waals surface area contributed by atoms with E-state index < -0.39 is 4.92 Å². The zero-order valence-electron chi connectivity index (χ0n) is 11.4. The molecular weight excluding hydrogens is 272 g/mol. The largest absolute Gasteiger partial charge is 0.367 e. The van der Waals surface area contributed by atoms with Gasteiger partial charge in [0.05, 0.1) is 16.2 Å². The third kappa shape index (κ3) is 2.57. The van der Waals surface area contributed by atoms with Crippen LogP contribution in [0.4, 0.5) is 23.0 Å². The number of anilines is 3. The topological polar surface area (TPSA) is 108 Å². The number of hydrogen-bond donors (Lipinski definition) is 1. The molecule has 0 saturated heterocycles. The summed E-state index contributed by atoms with van der Waals surface area (Å²) >= 11 is 0. The van der Waals surface area contributed by atoms with Gasteiger partial charge in [-0.3, -0.25) is 10.1 Å². The lowest BCUT2D eigenvalue weighted by atomic mass is 10.2. The predicted molar refractivity (Wildman–Crippen MR) is 77.5 cm³/mol. The lowest BCUT2D eigenvalue weighted by Crippen LogP contribution is -2.16. The van der Waals surface area contributed by atoms with Crippen LogP contribution >= 0.6 is 0 Å². The van der Waals surface area contributed by atoms with Gasteiger partial charge in [0, 0.05) is 14.1 Å². The number of nitrogens with one attached hydrogen (secondary N) is 1. The minimum absolute atomic E-state index is 0.113. The normalized spacial score (nSPS) is 9.76. The molecule has 0 aliphatic carbocycles. The molecule has 21 heavy (non-hydrogen) atoms. The van der Waals surface area contributed by atoms with E-state index in [0.29, 0.717) is 11.3 Å². The van der Waals surface area contributed by atoms with Crippen molar-refractivity contribution < 1.29 is 4.92 Å². The molecular formula is C13H12N6O2. The lowest BCUT2D eigenvalue weighted by molar-refractivity contribution is -0.383. The first-order valence-electron chi connectivity index (χ1n) is 6.00. The Morgan fingerprint density at radius 2 is 2.10 bits per heavy atom. The van der Waals surface area contributed by atoms with Gasteiger partial charge < -0.3 is 10.2 Å². The van der Waals surface area contributed by atoms with E-state index in [-0.39, 0.29) is 17.3 Å². The monoisotopic (exact) mass is 284 g/mol. The second-order valence-electron chi connectivity index (χ2n) is 4.09. The van der Waals surface area contributed by atoms with Crippen LogP contribution in [0.1, 0.15) is 5.56 Å². The molecule has 0 bridgehead atoms. The van der Waals surface area contributed by atoms with E-state index in [2.05, 4.69) is 21.4 Å². The zero-order valence-corrected chi connectivity index (χ0v) is 11.4. The lowest BCUT2D eigenvalue weighted by Gasteiger charge is -2.19. The van der Waals surface area contributed by atoms with Crippen LogP contribution in [0, 0.1) is 21.4 Å². The Morgan fingerprint density at radius 3 is 2.71 bits per heavy atom. The summed E-state index contributed by atoms with van der Waals surface area (Å²) in [5.41, 5.74) is 0.693. The molecule has 0 amide bonds. The Bertz CT molecular complexity index is 725. The summed E-state index contributed by atoms with van der Waals surface area (Å²) in [5.74, 6) is 0.230. The molecule has 8 heteroatoms. The maximum atomic E-state index is 11.3. The van der Waals surface area contributed by atoms with Crippen LogP contribution in [-0.4, -0.2) is 29.0 Å². The van der Waals surface area contributed by atoms with Gasteiger partial charge in [0.2, 0.25) is 11.6 Å². The SMILES string of the molecule is CNc1ncnc(N(C)c2ccccc2C#N)c1[N+](=O)[O-]. The van der Waals surface area contributed by atoms with Gasteiger partial charge in [-0.25, -0.2) is 9.97 Å². The molecule has 1 N–H and O–H groups in total. The quantitative estimate of drug-likeness (QED) is 0.676. The highest BCUT2D eigenvalue weighted by atomic mass is 16.6. The number of aromatic nitrogens is 2. The van der Waals surface area contributed by atoms with E-state index in [9.17, 15) is 10.1 Å². The average Bonchev–Trinajstić information content (AvgIpc) is 2.53. The Kier molecular flexibility index (Phi) is 3.95. The van der Waals surface area contributed by atoms with E-state index in [1.165, 1.54) is 11.2 Å². The number of hydrogen-bond acceptors (Lipinski definition) is 7. The summed E-state index contributed by atoms with van der Waals surface area (Å²) in [7, 11) is 3.16. The molecule has 1 aromatic heterocycles. The number of nitrogens with zero attached hydrogens (tertiary/aromatic N) is 5. The fraction of sp³-hybridized carbons (Fsp3) is 0.154. The van der Waals surface area contributed by atoms with Gasteiger partial charge in [-0.05, 0) is 12.1 Å². The molecule has 0 spiro atoms. The van der Waals surface area contributed by atoms with E-state index in [1.54, 1.807) is 38.4 Å². The number of benzene rings is 1. The first kappa shape index (κ1) is 14.2. The molecule has 8 nitrogen and oxygen atoms in total. The average molecular weight is 284 g/mol. The van der Waals surface area contributed by atoms with Crippen molar-refractivity contribution >= 4 is 23.0 Å². The summed E-state index contributed by atoms with van der Waals surface area (Å²) in [6.07, 6.45) is 1.24. The summed E-state index contributed by atoms with van der Waals surface area (Å²) in [4.78, 5) is 20.1. The number of nitriles is 1. The Labute approximate surface area is 120 Å². The molecule has 106 valence electrons. The molecule has 0 unspecified atom stereocenters. The predicted octanol–water partition coefficient (Wildman–Crippen LogP) is 2.07. The van der Waals surface area contributed by atoms with Crippen molar-refractivity contribution in [2.45, 2.75) is 0 Å².